The molecule has 0 rings (SSSR count). The van der Waals surface area contributed by atoms with Gasteiger partial charge in [-0.25, -0.2) is 4.57 Å². The van der Waals surface area contributed by atoms with Crippen molar-refractivity contribution in [2.75, 3.05) is 26.4 Å². The van der Waals surface area contributed by atoms with Crippen LogP contribution >= 0.6 is 7.82 Å². The average molecular weight is 1030 g/mol. The van der Waals surface area contributed by atoms with E-state index >= 15 is 0 Å². The second-order valence-corrected chi connectivity index (χ2v) is 20.5. The van der Waals surface area contributed by atoms with Gasteiger partial charge in [0, 0.05) is 19.3 Å². The van der Waals surface area contributed by atoms with Gasteiger partial charge in [0.05, 0.1) is 19.8 Å². The Morgan fingerprint density at radius 1 is 0.403 bits per heavy atom. The molecule has 0 spiro atoms. The topological polar surface area (TPSA) is 155 Å². The minimum atomic E-state index is -4.77. The summed E-state index contributed by atoms with van der Waals surface area (Å²) in [5, 5.41) is 9.78. The molecule has 0 aliphatic heterocycles. The zero-order valence-corrected chi connectivity index (χ0v) is 46.8. The SMILES string of the molecule is CC/C=C\C/C=C\C/C=C\C/C=C\CCC(=O)OC(CO)COP(=O)(O)OCC(COC(=O)CCCCCCCCCCCCCCCCC)OC(=O)CCCCCCCCC/C=C\C/C=C\CCCCC. The van der Waals surface area contributed by atoms with Crippen molar-refractivity contribution in [3.05, 3.63) is 72.9 Å². The zero-order chi connectivity index (χ0) is 52.7. The van der Waals surface area contributed by atoms with Crippen molar-refractivity contribution in [2.45, 2.75) is 264 Å². The first-order valence-electron chi connectivity index (χ1n) is 28.8. The van der Waals surface area contributed by atoms with E-state index in [4.69, 9.17) is 23.3 Å². The van der Waals surface area contributed by atoms with Gasteiger partial charge in [-0.2, -0.15) is 0 Å². The molecule has 0 saturated heterocycles. The van der Waals surface area contributed by atoms with Crippen molar-refractivity contribution in [3.63, 3.8) is 0 Å². The third-order valence-corrected chi connectivity index (χ3v) is 13.1. The number of rotatable bonds is 53. The summed E-state index contributed by atoms with van der Waals surface area (Å²) in [6.07, 6.45) is 60.2. The third kappa shape index (κ3) is 51.8. The molecule has 0 aromatic carbocycles. The Morgan fingerprint density at radius 2 is 0.750 bits per heavy atom. The lowest BCUT2D eigenvalue weighted by Gasteiger charge is -2.21. The highest BCUT2D eigenvalue weighted by Gasteiger charge is 2.28. The number of hydrogen-bond donors (Lipinski definition) is 2. The van der Waals surface area contributed by atoms with Crippen LogP contribution in [0.4, 0.5) is 0 Å². The van der Waals surface area contributed by atoms with Gasteiger partial charge < -0.3 is 24.2 Å². The average Bonchev–Trinajstić information content (AvgIpc) is 3.37. The van der Waals surface area contributed by atoms with Gasteiger partial charge in [0.25, 0.3) is 0 Å². The van der Waals surface area contributed by atoms with E-state index in [0.717, 1.165) is 83.5 Å². The number of hydrogen-bond acceptors (Lipinski definition) is 10. The first-order valence-corrected chi connectivity index (χ1v) is 30.3. The van der Waals surface area contributed by atoms with E-state index in [9.17, 15) is 28.9 Å². The molecule has 416 valence electrons. The minimum absolute atomic E-state index is 0.0547. The standard InChI is InChI=1S/C60H105O11P/c1-4-7-10-13-16-19-22-25-27-28-30-33-36-39-42-45-48-51-60(64)71-57(53-67-58(62)49-46-43-40-37-34-32-29-26-23-20-17-14-11-8-5-2)55-69-72(65,66)68-54-56(52-61)70-59(63)50-47-44-41-38-35-31-24-21-18-15-12-9-6-3/h9,12,16,18-19,21,25,27,31,35,41,44,56-57,61H,4-8,10-11,13-15,17,20,22-24,26,28-30,32-34,36-40,42-43,45-55H2,1-3H3,(H,65,66)/b12-9-,19-16-,21-18-,27-25-,35-31-,44-41-. The van der Waals surface area contributed by atoms with Gasteiger partial charge in [0.15, 0.2) is 6.10 Å². The minimum Gasteiger partial charge on any atom is -0.462 e. The molecule has 0 saturated carbocycles. The molecule has 0 radical (unpaired) electrons. The van der Waals surface area contributed by atoms with Crippen molar-refractivity contribution >= 4 is 25.7 Å². The van der Waals surface area contributed by atoms with E-state index < -0.39 is 57.8 Å². The fourth-order valence-corrected chi connectivity index (χ4v) is 8.54. The highest BCUT2D eigenvalue weighted by atomic mass is 31.2. The fraction of sp³-hybridized carbons (Fsp3) is 0.750. The van der Waals surface area contributed by atoms with Crippen molar-refractivity contribution < 1.29 is 52.2 Å². The Hall–Kier alpha value is -3.08. The fourth-order valence-electron chi connectivity index (χ4n) is 7.75. The molecule has 0 aromatic heterocycles. The number of aliphatic hydroxyl groups excluding tert-OH is 1. The molecule has 0 fully saturated rings. The molecule has 3 unspecified atom stereocenters. The quantitative estimate of drug-likeness (QED) is 0.0197. The second kappa shape index (κ2) is 54.2. The van der Waals surface area contributed by atoms with Crippen LogP contribution in [0.2, 0.25) is 0 Å². The molecule has 0 aromatic rings. The van der Waals surface area contributed by atoms with E-state index in [0.29, 0.717) is 19.3 Å². The van der Waals surface area contributed by atoms with Crippen molar-refractivity contribution in [1.29, 1.82) is 0 Å². The summed E-state index contributed by atoms with van der Waals surface area (Å²) in [4.78, 5) is 48.5. The van der Waals surface area contributed by atoms with Crippen molar-refractivity contribution in [2.24, 2.45) is 0 Å². The summed E-state index contributed by atoms with van der Waals surface area (Å²) in [5.41, 5.74) is 0. The highest BCUT2D eigenvalue weighted by molar-refractivity contribution is 7.47. The molecule has 11 nitrogen and oxygen atoms in total. The lowest BCUT2D eigenvalue weighted by Crippen LogP contribution is -2.30. The summed E-state index contributed by atoms with van der Waals surface area (Å²) in [6.45, 7) is 4.43. The van der Waals surface area contributed by atoms with E-state index in [1.165, 1.54) is 109 Å². The second-order valence-electron chi connectivity index (χ2n) is 19.1. The van der Waals surface area contributed by atoms with Crippen LogP contribution in [0.25, 0.3) is 0 Å². The molecule has 0 bridgehead atoms. The molecule has 0 amide bonds. The number of unbranched alkanes of at least 4 members (excludes halogenated alkanes) is 24. The van der Waals surface area contributed by atoms with Gasteiger partial charge in [-0.1, -0.05) is 229 Å². The predicted molar refractivity (Wildman–Crippen MR) is 298 cm³/mol. The first-order chi connectivity index (χ1) is 35.2. The number of esters is 3. The molecule has 3 atom stereocenters. The summed E-state index contributed by atoms with van der Waals surface area (Å²) in [6, 6.07) is 0. The van der Waals surface area contributed by atoms with Crippen LogP contribution in [-0.4, -0.2) is 66.5 Å². The smallest absolute Gasteiger partial charge is 0.462 e. The Labute approximate surface area is 439 Å². The van der Waals surface area contributed by atoms with Crippen LogP contribution in [0.3, 0.4) is 0 Å². The summed E-state index contributed by atoms with van der Waals surface area (Å²) < 4.78 is 39.4. The lowest BCUT2D eigenvalue weighted by atomic mass is 10.0. The van der Waals surface area contributed by atoms with Crippen LogP contribution in [-0.2, 0) is 42.2 Å². The number of allylic oxidation sites excluding steroid dienone is 12. The molecular formula is C60H105O11P. The lowest BCUT2D eigenvalue weighted by molar-refractivity contribution is -0.161. The Kier molecular flexibility index (Phi) is 51.9. The molecule has 0 heterocycles. The Balaban J connectivity index is 4.79. The number of phosphoric acid groups is 1. The maximum absolute atomic E-state index is 12.9. The van der Waals surface area contributed by atoms with Gasteiger partial charge in [-0.05, 0) is 77.0 Å². The van der Waals surface area contributed by atoms with Gasteiger partial charge in [0.2, 0.25) is 0 Å². The van der Waals surface area contributed by atoms with Crippen LogP contribution in [0.1, 0.15) is 252 Å². The monoisotopic (exact) mass is 1030 g/mol. The van der Waals surface area contributed by atoms with E-state index in [1.54, 1.807) is 0 Å². The number of ether oxygens (including phenoxy) is 3. The van der Waals surface area contributed by atoms with Crippen LogP contribution in [0, 0.1) is 0 Å². The molecule has 0 aliphatic rings. The van der Waals surface area contributed by atoms with Crippen molar-refractivity contribution in [1.82, 2.24) is 0 Å². The number of phosphoric ester groups is 1. The van der Waals surface area contributed by atoms with Crippen molar-refractivity contribution in [3.8, 4) is 0 Å². The van der Waals surface area contributed by atoms with Crippen LogP contribution < -0.4 is 0 Å². The van der Waals surface area contributed by atoms with E-state index in [1.807, 2.05) is 12.2 Å². The largest absolute Gasteiger partial charge is 0.472 e. The van der Waals surface area contributed by atoms with Gasteiger partial charge in [-0.15, -0.1) is 0 Å². The van der Waals surface area contributed by atoms with Gasteiger partial charge in [0.1, 0.15) is 12.7 Å². The highest BCUT2D eigenvalue weighted by Crippen LogP contribution is 2.43. The van der Waals surface area contributed by atoms with Crippen LogP contribution in [0.15, 0.2) is 72.9 Å². The molecule has 0 aliphatic carbocycles. The van der Waals surface area contributed by atoms with E-state index in [2.05, 4.69) is 81.5 Å². The maximum atomic E-state index is 12.9. The molecule has 2 N–H and O–H groups in total. The summed E-state index contributed by atoms with van der Waals surface area (Å²) in [5.74, 6) is -1.55. The predicted octanol–water partition coefficient (Wildman–Crippen LogP) is 16.9. The summed E-state index contributed by atoms with van der Waals surface area (Å²) >= 11 is 0. The third-order valence-electron chi connectivity index (χ3n) is 12.1. The first kappa shape index (κ1) is 68.9. The van der Waals surface area contributed by atoms with E-state index in [-0.39, 0.29) is 25.9 Å². The number of carbonyl (C=O) groups is 3. The molecule has 12 heteroatoms. The normalized spacial score (nSPS) is 13.9. The summed E-state index contributed by atoms with van der Waals surface area (Å²) in [7, 11) is -4.77. The Bertz CT molecular complexity index is 1490. The van der Waals surface area contributed by atoms with Gasteiger partial charge >= 0.3 is 25.7 Å². The maximum Gasteiger partial charge on any atom is 0.472 e. The van der Waals surface area contributed by atoms with Gasteiger partial charge in [-0.3, -0.25) is 23.4 Å². The number of carbonyl (C=O) groups excluding carboxylic acids is 3. The molecule has 72 heavy (non-hydrogen) atoms. The van der Waals surface area contributed by atoms with Crippen LogP contribution in [0.5, 0.6) is 0 Å². The zero-order valence-electron chi connectivity index (χ0n) is 45.9. The number of aliphatic hydroxyl groups is 1. The Morgan fingerprint density at radius 3 is 1.22 bits per heavy atom. The molecular weight excluding hydrogens is 928 g/mol.